The van der Waals surface area contributed by atoms with Crippen LogP contribution in [0.4, 0.5) is 10.2 Å². The molecule has 2 unspecified atom stereocenters. The van der Waals surface area contributed by atoms with Crippen molar-refractivity contribution >= 4 is 28.8 Å². The zero-order chi connectivity index (χ0) is 23.4. The summed E-state index contributed by atoms with van der Waals surface area (Å²) in [6.45, 7) is 3.75. The number of imidazole rings is 1. The van der Waals surface area contributed by atoms with Gasteiger partial charge in [0, 0.05) is 19.6 Å². The first-order valence-electron chi connectivity index (χ1n) is 10.8. The summed E-state index contributed by atoms with van der Waals surface area (Å²) in [4.78, 5) is 40.1. The first-order chi connectivity index (χ1) is 15.9. The Balaban J connectivity index is 1.48. The fraction of sp³-hybridized carbons (Fsp3) is 0.409. The molecule has 10 nitrogen and oxygen atoms in total. The molecule has 2 amide bonds. The number of rotatable bonds is 7. The Bertz CT molecular complexity index is 1150. The Labute approximate surface area is 190 Å². The molecule has 0 saturated carbocycles. The minimum absolute atomic E-state index is 0.0934. The van der Waals surface area contributed by atoms with Crippen LogP contribution in [0, 0.1) is 11.7 Å². The number of hydrogen-bond acceptors (Lipinski definition) is 7. The van der Waals surface area contributed by atoms with Gasteiger partial charge in [-0.15, -0.1) is 0 Å². The second-order valence-electron chi connectivity index (χ2n) is 7.97. The molecule has 2 atom stereocenters. The van der Waals surface area contributed by atoms with Gasteiger partial charge in [-0.1, -0.05) is 12.1 Å². The Morgan fingerprint density at radius 2 is 2.03 bits per heavy atom. The van der Waals surface area contributed by atoms with Crippen molar-refractivity contribution in [2.75, 3.05) is 38.6 Å². The molecule has 0 bridgehead atoms. The Morgan fingerprint density at radius 3 is 2.79 bits per heavy atom. The molecule has 1 aromatic carbocycles. The topological polar surface area (TPSA) is 128 Å². The maximum absolute atomic E-state index is 13.7. The molecule has 0 spiro atoms. The molecule has 3 aromatic rings. The molecule has 1 aliphatic rings. The lowest BCUT2D eigenvalue weighted by molar-refractivity contribution is -0.139. The second kappa shape index (κ2) is 9.90. The number of aromatic nitrogens is 4. The average molecular weight is 455 g/mol. The summed E-state index contributed by atoms with van der Waals surface area (Å²) in [5.74, 6) is -1.07. The first kappa shape index (κ1) is 22.6. The van der Waals surface area contributed by atoms with Gasteiger partial charge in [-0.25, -0.2) is 19.3 Å². The van der Waals surface area contributed by atoms with Gasteiger partial charge in [0.05, 0.1) is 25.5 Å². The van der Waals surface area contributed by atoms with E-state index in [1.54, 1.807) is 28.5 Å². The molecular formula is C22H26FN7O3. The Kier molecular flexibility index (Phi) is 6.78. The number of fused-ring (bicyclic) bond motifs is 1. The van der Waals surface area contributed by atoms with Crippen molar-refractivity contribution in [3.05, 3.63) is 48.3 Å². The van der Waals surface area contributed by atoms with Crippen molar-refractivity contribution in [3.63, 3.8) is 0 Å². The molecule has 33 heavy (non-hydrogen) atoms. The number of hydrogen-bond donors (Lipinski definition) is 2. The van der Waals surface area contributed by atoms with E-state index in [4.69, 9.17) is 10.5 Å². The number of nitrogen functional groups attached to an aromatic ring is 1. The van der Waals surface area contributed by atoms with E-state index in [0.29, 0.717) is 49.5 Å². The van der Waals surface area contributed by atoms with Crippen LogP contribution in [0.25, 0.3) is 11.2 Å². The smallest absolute Gasteiger partial charge is 0.242 e. The maximum Gasteiger partial charge on any atom is 0.242 e. The summed E-state index contributed by atoms with van der Waals surface area (Å²) in [7, 11) is 0. The van der Waals surface area contributed by atoms with Crippen LogP contribution in [0.3, 0.4) is 0 Å². The number of nitrogens with two attached hydrogens (primary N) is 1. The second-order valence-corrected chi connectivity index (χ2v) is 7.97. The van der Waals surface area contributed by atoms with Gasteiger partial charge in [0.1, 0.15) is 23.7 Å². The molecule has 174 valence electrons. The lowest BCUT2D eigenvalue weighted by atomic mass is 9.97. The molecule has 1 saturated heterocycles. The average Bonchev–Trinajstić information content (AvgIpc) is 3.26. The van der Waals surface area contributed by atoms with E-state index in [1.807, 2.05) is 0 Å². The lowest BCUT2D eigenvalue weighted by Gasteiger charge is -2.31. The van der Waals surface area contributed by atoms with E-state index in [-0.39, 0.29) is 30.0 Å². The van der Waals surface area contributed by atoms with Crippen molar-refractivity contribution in [2.45, 2.75) is 19.4 Å². The normalized spacial score (nSPS) is 15.9. The highest BCUT2D eigenvalue weighted by atomic mass is 19.1. The van der Waals surface area contributed by atoms with E-state index in [9.17, 15) is 14.0 Å². The minimum atomic E-state index is -0.641. The summed E-state index contributed by atoms with van der Waals surface area (Å²) in [5.41, 5.74) is 7.39. The monoisotopic (exact) mass is 455 g/mol. The maximum atomic E-state index is 13.7. The summed E-state index contributed by atoms with van der Waals surface area (Å²) < 4.78 is 20.6. The molecule has 0 aliphatic carbocycles. The van der Waals surface area contributed by atoms with Crippen LogP contribution in [0.5, 0.6) is 0 Å². The van der Waals surface area contributed by atoms with Gasteiger partial charge in [0.15, 0.2) is 11.5 Å². The van der Waals surface area contributed by atoms with E-state index in [0.717, 1.165) is 0 Å². The number of ether oxygens (including phenoxy) is 1. The highest BCUT2D eigenvalue weighted by Crippen LogP contribution is 2.19. The van der Waals surface area contributed by atoms with E-state index < -0.39 is 12.0 Å². The van der Waals surface area contributed by atoms with Gasteiger partial charge in [-0.3, -0.25) is 9.59 Å². The summed E-state index contributed by atoms with van der Waals surface area (Å²) in [5, 5.41) is 2.87. The molecule has 1 fully saturated rings. The van der Waals surface area contributed by atoms with Crippen LogP contribution in [0.2, 0.25) is 0 Å². The number of carbonyl (C=O) groups excluding carboxylic acids is 2. The largest absolute Gasteiger partial charge is 0.382 e. The van der Waals surface area contributed by atoms with Gasteiger partial charge in [-0.2, -0.15) is 0 Å². The van der Waals surface area contributed by atoms with Crippen LogP contribution < -0.4 is 11.1 Å². The molecule has 0 radical (unpaired) electrons. The van der Waals surface area contributed by atoms with Crippen LogP contribution in [0.15, 0.2) is 36.9 Å². The highest BCUT2D eigenvalue weighted by molar-refractivity contribution is 5.86. The van der Waals surface area contributed by atoms with Crippen molar-refractivity contribution in [1.29, 1.82) is 0 Å². The van der Waals surface area contributed by atoms with Gasteiger partial charge in [0.2, 0.25) is 11.8 Å². The standard InChI is InChI=1S/C22H26FN7O3/c1-14(30-13-28-18-19(24)26-12-27-20(18)30)21(31)25-11-16(9-15-3-2-4-17(23)10-15)22(32)29-5-7-33-8-6-29/h2-4,10,12-14,16H,5-9,11H2,1H3,(H,25,31)(H2,24,26,27). The lowest BCUT2D eigenvalue weighted by Crippen LogP contribution is -2.47. The molecule has 3 heterocycles. The Hall–Kier alpha value is -3.60. The SMILES string of the molecule is CC(C(=O)NCC(Cc1cccc(F)c1)C(=O)N1CCOCC1)n1cnc2c(N)ncnc21. The van der Waals surface area contributed by atoms with Crippen LogP contribution in [0.1, 0.15) is 18.5 Å². The zero-order valence-corrected chi connectivity index (χ0v) is 18.3. The first-order valence-corrected chi connectivity index (χ1v) is 10.8. The van der Waals surface area contributed by atoms with Gasteiger partial charge >= 0.3 is 0 Å². The molecule has 1 aliphatic heterocycles. The summed E-state index contributed by atoms with van der Waals surface area (Å²) in [6, 6.07) is 5.51. The van der Waals surface area contributed by atoms with E-state index in [2.05, 4.69) is 20.3 Å². The fourth-order valence-corrected chi connectivity index (χ4v) is 3.89. The number of nitrogens with zero attached hydrogens (tertiary/aromatic N) is 5. The number of amides is 2. The summed E-state index contributed by atoms with van der Waals surface area (Å²) >= 11 is 0. The number of halogens is 1. The van der Waals surface area contributed by atoms with Crippen molar-refractivity contribution in [1.82, 2.24) is 29.7 Å². The van der Waals surface area contributed by atoms with E-state index in [1.165, 1.54) is 24.8 Å². The molecule has 11 heteroatoms. The number of benzene rings is 1. The van der Waals surface area contributed by atoms with Crippen molar-refractivity contribution in [3.8, 4) is 0 Å². The molecular weight excluding hydrogens is 429 g/mol. The third-order valence-electron chi connectivity index (χ3n) is 5.75. The fourth-order valence-electron chi connectivity index (χ4n) is 3.89. The third-order valence-corrected chi connectivity index (χ3v) is 5.75. The number of morpholine rings is 1. The highest BCUT2D eigenvalue weighted by Gasteiger charge is 2.28. The predicted molar refractivity (Wildman–Crippen MR) is 118 cm³/mol. The third kappa shape index (κ3) is 5.08. The number of carbonyl (C=O) groups is 2. The van der Waals surface area contributed by atoms with Crippen LogP contribution in [-0.2, 0) is 20.7 Å². The van der Waals surface area contributed by atoms with Crippen LogP contribution >= 0.6 is 0 Å². The molecule has 3 N–H and O–H groups in total. The Morgan fingerprint density at radius 1 is 1.24 bits per heavy atom. The number of anilines is 1. The molecule has 2 aromatic heterocycles. The summed E-state index contributed by atoms with van der Waals surface area (Å²) in [6.07, 6.45) is 3.11. The van der Waals surface area contributed by atoms with Gasteiger partial charge in [0.25, 0.3) is 0 Å². The zero-order valence-electron chi connectivity index (χ0n) is 18.3. The van der Waals surface area contributed by atoms with E-state index >= 15 is 0 Å². The van der Waals surface area contributed by atoms with Crippen LogP contribution in [-0.4, -0.2) is 69.1 Å². The number of nitrogens with one attached hydrogen (secondary N) is 1. The predicted octanol–water partition coefficient (Wildman–Crippen LogP) is 0.943. The van der Waals surface area contributed by atoms with Gasteiger partial charge in [-0.05, 0) is 31.0 Å². The van der Waals surface area contributed by atoms with Crippen molar-refractivity contribution in [2.24, 2.45) is 5.92 Å². The van der Waals surface area contributed by atoms with Crippen molar-refractivity contribution < 1.29 is 18.7 Å². The quantitative estimate of drug-likeness (QED) is 0.543. The molecule has 4 rings (SSSR count). The minimum Gasteiger partial charge on any atom is -0.382 e. The van der Waals surface area contributed by atoms with Gasteiger partial charge < -0.3 is 25.3 Å².